The fourth-order valence-corrected chi connectivity index (χ4v) is 2.45. The summed E-state index contributed by atoms with van der Waals surface area (Å²) >= 11 is 0. The zero-order chi connectivity index (χ0) is 13.4. The van der Waals surface area contributed by atoms with Gasteiger partial charge in [-0.15, -0.1) is 0 Å². The van der Waals surface area contributed by atoms with E-state index in [1.165, 1.54) is 0 Å². The van der Waals surface area contributed by atoms with E-state index in [-0.39, 0.29) is 37.0 Å². The van der Waals surface area contributed by atoms with Gasteiger partial charge >= 0.3 is 6.18 Å². The van der Waals surface area contributed by atoms with Gasteiger partial charge in [0.05, 0.1) is 5.41 Å². The highest BCUT2D eigenvalue weighted by atomic mass is 19.4. The maximum atomic E-state index is 13.2. The van der Waals surface area contributed by atoms with Crippen LogP contribution in [0.3, 0.4) is 0 Å². The van der Waals surface area contributed by atoms with E-state index in [1.807, 2.05) is 0 Å². The lowest BCUT2D eigenvalue weighted by atomic mass is 9.81. The molecule has 8 heteroatoms. The Morgan fingerprint density at radius 2 is 1.50 bits per heavy atom. The maximum absolute atomic E-state index is 13.2. The maximum Gasteiger partial charge on any atom is 0.394 e. The van der Waals surface area contributed by atoms with E-state index in [2.05, 4.69) is 15.0 Å². The molecule has 4 N–H and O–H groups in total. The first-order valence-electron chi connectivity index (χ1n) is 5.65. The van der Waals surface area contributed by atoms with E-state index in [0.717, 1.165) is 0 Å². The average Bonchev–Trinajstić information content (AvgIpc) is 2.64. The summed E-state index contributed by atoms with van der Waals surface area (Å²) in [4.78, 5) is 11.0. The number of nitrogen functional groups attached to an aromatic ring is 2. The SMILES string of the molecule is Nc1nc(N)nc(CC2(C(F)(F)F)CCCC2)n1. The first-order valence-corrected chi connectivity index (χ1v) is 5.65. The summed E-state index contributed by atoms with van der Waals surface area (Å²) in [6.45, 7) is 0. The highest BCUT2D eigenvalue weighted by Gasteiger charge is 2.56. The lowest BCUT2D eigenvalue weighted by Gasteiger charge is -2.30. The number of halogens is 3. The van der Waals surface area contributed by atoms with E-state index < -0.39 is 11.6 Å². The van der Waals surface area contributed by atoms with E-state index >= 15 is 0 Å². The molecule has 0 spiro atoms. The second-order valence-corrected chi connectivity index (χ2v) is 4.63. The predicted octanol–water partition coefficient (Wildman–Crippen LogP) is 1.70. The summed E-state index contributed by atoms with van der Waals surface area (Å²) in [5.74, 6) is -0.278. The normalized spacial score (nSPS) is 19.1. The Morgan fingerprint density at radius 3 is 1.94 bits per heavy atom. The van der Waals surface area contributed by atoms with Gasteiger partial charge in [-0.2, -0.15) is 28.1 Å². The van der Waals surface area contributed by atoms with E-state index in [1.54, 1.807) is 0 Å². The second kappa shape index (κ2) is 4.25. The largest absolute Gasteiger partial charge is 0.394 e. The lowest BCUT2D eigenvalue weighted by Crippen LogP contribution is -2.38. The van der Waals surface area contributed by atoms with E-state index in [0.29, 0.717) is 12.8 Å². The Kier molecular flexibility index (Phi) is 3.04. The number of nitrogens with two attached hydrogens (primary N) is 2. The van der Waals surface area contributed by atoms with Gasteiger partial charge in [0.15, 0.2) is 0 Å². The van der Waals surface area contributed by atoms with Crippen molar-refractivity contribution in [3.63, 3.8) is 0 Å². The molecule has 5 nitrogen and oxygen atoms in total. The molecule has 0 radical (unpaired) electrons. The molecule has 0 bridgehead atoms. The number of anilines is 2. The molecular weight excluding hydrogens is 247 g/mol. The molecule has 100 valence electrons. The molecule has 0 atom stereocenters. The van der Waals surface area contributed by atoms with Crippen LogP contribution in [0.2, 0.25) is 0 Å². The van der Waals surface area contributed by atoms with Crippen LogP contribution in [0, 0.1) is 5.41 Å². The minimum Gasteiger partial charge on any atom is -0.368 e. The van der Waals surface area contributed by atoms with Gasteiger partial charge in [-0.3, -0.25) is 0 Å². The summed E-state index contributed by atoms with van der Waals surface area (Å²) in [6, 6.07) is 0. The third-order valence-corrected chi connectivity index (χ3v) is 3.37. The van der Waals surface area contributed by atoms with Crippen LogP contribution in [-0.4, -0.2) is 21.1 Å². The van der Waals surface area contributed by atoms with Crippen molar-refractivity contribution in [2.45, 2.75) is 38.3 Å². The molecule has 1 heterocycles. The number of hydrogen-bond acceptors (Lipinski definition) is 5. The summed E-state index contributed by atoms with van der Waals surface area (Å²) in [5, 5.41) is 0. The van der Waals surface area contributed by atoms with Gasteiger partial charge in [0.25, 0.3) is 0 Å². The van der Waals surface area contributed by atoms with Gasteiger partial charge in [-0.05, 0) is 12.8 Å². The third kappa shape index (κ3) is 2.32. The van der Waals surface area contributed by atoms with Crippen LogP contribution >= 0.6 is 0 Å². The molecule has 1 saturated carbocycles. The van der Waals surface area contributed by atoms with Gasteiger partial charge < -0.3 is 11.5 Å². The molecule has 0 saturated heterocycles. The number of rotatable bonds is 2. The molecule has 0 unspecified atom stereocenters. The van der Waals surface area contributed by atoms with Gasteiger partial charge in [0.1, 0.15) is 5.82 Å². The van der Waals surface area contributed by atoms with Crippen LogP contribution in [0.1, 0.15) is 31.5 Å². The molecule has 1 fully saturated rings. The predicted molar refractivity (Wildman–Crippen MR) is 59.3 cm³/mol. The number of aromatic nitrogens is 3. The first kappa shape index (κ1) is 12.8. The Balaban J connectivity index is 2.29. The molecule has 1 aliphatic rings. The van der Waals surface area contributed by atoms with E-state index in [9.17, 15) is 13.2 Å². The van der Waals surface area contributed by atoms with Gasteiger partial charge in [0.2, 0.25) is 11.9 Å². The summed E-state index contributed by atoms with van der Waals surface area (Å²) in [6.07, 6.45) is -3.22. The zero-order valence-corrected chi connectivity index (χ0v) is 9.67. The van der Waals surface area contributed by atoms with Crippen molar-refractivity contribution >= 4 is 11.9 Å². The third-order valence-electron chi connectivity index (χ3n) is 3.37. The molecule has 18 heavy (non-hydrogen) atoms. The summed E-state index contributed by atoms with van der Waals surface area (Å²) < 4.78 is 39.5. The standard InChI is InChI=1S/C10H14F3N5/c11-10(12,13)9(3-1-2-4-9)5-6-16-7(14)18-8(15)17-6/h1-5H2,(H4,14,15,16,17,18). The second-order valence-electron chi connectivity index (χ2n) is 4.63. The van der Waals surface area contributed by atoms with Crippen LogP contribution < -0.4 is 11.5 Å². The number of nitrogens with zero attached hydrogens (tertiary/aromatic N) is 3. The minimum atomic E-state index is -4.26. The van der Waals surface area contributed by atoms with Crippen molar-refractivity contribution in [1.82, 2.24) is 15.0 Å². The monoisotopic (exact) mass is 261 g/mol. The van der Waals surface area contributed by atoms with Gasteiger partial charge in [-0.25, -0.2) is 0 Å². The molecular formula is C10H14F3N5. The van der Waals surface area contributed by atoms with Crippen molar-refractivity contribution < 1.29 is 13.2 Å². The lowest BCUT2D eigenvalue weighted by molar-refractivity contribution is -0.222. The molecule has 0 aromatic carbocycles. The van der Waals surface area contributed by atoms with Crippen LogP contribution in [0.15, 0.2) is 0 Å². The summed E-state index contributed by atoms with van der Waals surface area (Å²) in [7, 11) is 0. The average molecular weight is 261 g/mol. The van der Waals surface area contributed by atoms with Crippen LogP contribution in [0.5, 0.6) is 0 Å². The minimum absolute atomic E-state index is 0.0132. The van der Waals surface area contributed by atoms with E-state index in [4.69, 9.17) is 11.5 Å². The Hall–Kier alpha value is -1.60. The Morgan fingerprint density at radius 1 is 1.00 bits per heavy atom. The molecule has 0 aliphatic heterocycles. The molecule has 1 aromatic heterocycles. The highest BCUT2D eigenvalue weighted by molar-refractivity contribution is 5.26. The topological polar surface area (TPSA) is 90.7 Å². The summed E-state index contributed by atoms with van der Waals surface area (Å²) in [5.41, 5.74) is 8.98. The van der Waals surface area contributed by atoms with Crippen molar-refractivity contribution in [3.8, 4) is 0 Å². The Bertz CT molecular complexity index is 419. The first-order chi connectivity index (χ1) is 8.32. The Labute approximate surface area is 102 Å². The molecule has 2 rings (SSSR count). The van der Waals surface area contributed by atoms with Crippen LogP contribution in [0.4, 0.5) is 25.1 Å². The zero-order valence-electron chi connectivity index (χ0n) is 9.67. The van der Waals surface area contributed by atoms with Gasteiger partial charge in [-0.1, -0.05) is 12.8 Å². The molecule has 0 amide bonds. The number of alkyl halides is 3. The fraction of sp³-hybridized carbons (Fsp3) is 0.700. The molecule has 1 aliphatic carbocycles. The van der Waals surface area contributed by atoms with Crippen LogP contribution in [-0.2, 0) is 6.42 Å². The van der Waals surface area contributed by atoms with Crippen LogP contribution in [0.25, 0.3) is 0 Å². The highest BCUT2D eigenvalue weighted by Crippen LogP contribution is 2.52. The van der Waals surface area contributed by atoms with Crippen molar-refractivity contribution in [2.75, 3.05) is 11.5 Å². The van der Waals surface area contributed by atoms with Crippen molar-refractivity contribution in [1.29, 1.82) is 0 Å². The van der Waals surface area contributed by atoms with Gasteiger partial charge in [0, 0.05) is 6.42 Å². The number of hydrogen-bond donors (Lipinski definition) is 2. The fourth-order valence-electron chi connectivity index (χ4n) is 2.45. The molecule has 1 aromatic rings. The smallest absolute Gasteiger partial charge is 0.368 e. The van der Waals surface area contributed by atoms with Crippen molar-refractivity contribution in [2.24, 2.45) is 5.41 Å². The quantitative estimate of drug-likeness (QED) is 0.845. The van der Waals surface area contributed by atoms with Crippen molar-refractivity contribution in [3.05, 3.63) is 5.82 Å².